The molecule has 0 saturated carbocycles. The highest BCUT2D eigenvalue weighted by atomic mass is 15.3. The van der Waals surface area contributed by atoms with Crippen LogP contribution in [-0.4, -0.2) is 19.3 Å². The van der Waals surface area contributed by atoms with Crippen molar-refractivity contribution in [2.75, 3.05) is 5.73 Å². The third kappa shape index (κ3) is 1.33. The van der Waals surface area contributed by atoms with Gasteiger partial charge in [0, 0.05) is 25.2 Å². The molecule has 0 aliphatic rings. The number of aromatic nitrogens is 4. The monoisotopic (exact) mass is 241 g/mol. The van der Waals surface area contributed by atoms with Gasteiger partial charge in [-0.2, -0.15) is 5.10 Å². The molecule has 3 rings (SSSR count). The number of benzene rings is 1. The van der Waals surface area contributed by atoms with Crippen molar-refractivity contribution in [2.45, 2.75) is 6.92 Å². The van der Waals surface area contributed by atoms with Crippen LogP contribution < -0.4 is 5.73 Å². The van der Waals surface area contributed by atoms with E-state index in [4.69, 9.17) is 5.73 Å². The Hall–Kier alpha value is -2.30. The number of fused-ring (bicyclic) bond motifs is 1. The number of para-hydroxylation sites is 1. The SMILES string of the molecule is Cc1nc2c(-c3cnn(C)c3N)cccc2n1C. The second-order valence-corrected chi connectivity index (χ2v) is 4.46. The van der Waals surface area contributed by atoms with Crippen LogP contribution in [0, 0.1) is 6.92 Å². The molecule has 3 aromatic rings. The zero-order valence-corrected chi connectivity index (χ0v) is 10.7. The molecule has 0 amide bonds. The first kappa shape index (κ1) is 10.8. The van der Waals surface area contributed by atoms with Crippen molar-refractivity contribution < 1.29 is 0 Å². The first-order chi connectivity index (χ1) is 8.59. The maximum absolute atomic E-state index is 6.04. The second kappa shape index (κ2) is 3.60. The quantitative estimate of drug-likeness (QED) is 0.707. The van der Waals surface area contributed by atoms with Gasteiger partial charge in [-0.25, -0.2) is 4.98 Å². The lowest BCUT2D eigenvalue weighted by atomic mass is 10.1. The van der Waals surface area contributed by atoms with Gasteiger partial charge in [0.15, 0.2) is 0 Å². The number of nitrogens with two attached hydrogens (primary N) is 1. The Labute approximate surface area is 105 Å². The first-order valence-corrected chi connectivity index (χ1v) is 5.79. The van der Waals surface area contributed by atoms with Crippen molar-refractivity contribution in [2.24, 2.45) is 14.1 Å². The molecule has 92 valence electrons. The van der Waals surface area contributed by atoms with E-state index in [9.17, 15) is 0 Å². The minimum atomic E-state index is 0.658. The summed E-state index contributed by atoms with van der Waals surface area (Å²) in [7, 11) is 3.85. The summed E-state index contributed by atoms with van der Waals surface area (Å²) in [5, 5.41) is 4.19. The Morgan fingerprint density at radius 3 is 2.61 bits per heavy atom. The third-order valence-corrected chi connectivity index (χ3v) is 3.41. The molecule has 2 aromatic heterocycles. The Morgan fingerprint density at radius 2 is 1.94 bits per heavy atom. The molecule has 0 bridgehead atoms. The van der Waals surface area contributed by atoms with E-state index < -0.39 is 0 Å². The molecule has 0 radical (unpaired) electrons. The lowest BCUT2D eigenvalue weighted by molar-refractivity contribution is 0.779. The molecule has 18 heavy (non-hydrogen) atoms. The molecule has 5 nitrogen and oxygen atoms in total. The van der Waals surface area contributed by atoms with Crippen LogP contribution in [0.15, 0.2) is 24.4 Å². The minimum absolute atomic E-state index is 0.658. The number of hydrogen-bond donors (Lipinski definition) is 1. The van der Waals surface area contributed by atoms with Crippen LogP contribution in [-0.2, 0) is 14.1 Å². The summed E-state index contributed by atoms with van der Waals surface area (Å²) in [6.45, 7) is 2.00. The van der Waals surface area contributed by atoms with Crippen LogP contribution in [0.1, 0.15) is 5.82 Å². The van der Waals surface area contributed by atoms with E-state index in [-0.39, 0.29) is 0 Å². The van der Waals surface area contributed by atoms with Gasteiger partial charge in [0.25, 0.3) is 0 Å². The number of hydrogen-bond acceptors (Lipinski definition) is 3. The fraction of sp³-hybridized carbons (Fsp3) is 0.231. The van der Waals surface area contributed by atoms with Crippen LogP contribution in [0.3, 0.4) is 0 Å². The van der Waals surface area contributed by atoms with E-state index >= 15 is 0 Å². The van der Waals surface area contributed by atoms with Crippen molar-refractivity contribution in [1.82, 2.24) is 19.3 Å². The molecular formula is C13H15N5. The smallest absolute Gasteiger partial charge is 0.129 e. The molecule has 0 aliphatic heterocycles. The average molecular weight is 241 g/mol. The number of imidazole rings is 1. The molecule has 0 atom stereocenters. The van der Waals surface area contributed by atoms with Crippen molar-refractivity contribution in [3.63, 3.8) is 0 Å². The number of anilines is 1. The van der Waals surface area contributed by atoms with Crippen molar-refractivity contribution >= 4 is 16.9 Å². The molecule has 0 aliphatic carbocycles. The molecule has 2 heterocycles. The Bertz CT molecular complexity index is 735. The summed E-state index contributed by atoms with van der Waals surface area (Å²) in [5.41, 5.74) is 10.1. The van der Waals surface area contributed by atoms with Crippen molar-refractivity contribution in [1.29, 1.82) is 0 Å². The van der Waals surface area contributed by atoms with E-state index in [0.29, 0.717) is 5.82 Å². The standard InChI is InChI=1S/C13H15N5/c1-8-16-12-9(5-4-6-11(12)17(8)2)10-7-15-18(3)13(10)14/h4-7H,14H2,1-3H3. The Morgan fingerprint density at radius 1 is 1.17 bits per heavy atom. The number of rotatable bonds is 1. The minimum Gasteiger partial charge on any atom is -0.383 e. The van der Waals surface area contributed by atoms with Gasteiger partial charge in [0.2, 0.25) is 0 Å². The van der Waals surface area contributed by atoms with Gasteiger partial charge in [-0.15, -0.1) is 0 Å². The van der Waals surface area contributed by atoms with E-state index in [1.807, 2.05) is 33.2 Å². The van der Waals surface area contributed by atoms with Crippen molar-refractivity contribution in [3.05, 3.63) is 30.2 Å². The number of aryl methyl sites for hydroxylation is 3. The van der Waals surface area contributed by atoms with Gasteiger partial charge in [-0.1, -0.05) is 12.1 Å². The zero-order valence-electron chi connectivity index (χ0n) is 10.7. The average Bonchev–Trinajstić information content (AvgIpc) is 2.83. The second-order valence-electron chi connectivity index (χ2n) is 4.46. The third-order valence-electron chi connectivity index (χ3n) is 3.41. The predicted octanol–water partition coefficient (Wildman–Crippen LogP) is 1.86. The topological polar surface area (TPSA) is 61.7 Å². The van der Waals surface area contributed by atoms with Gasteiger partial charge < -0.3 is 10.3 Å². The maximum atomic E-state index is 6.04. The molecule has 2 N–H and O–H groups in total. The first-order valence-electron chi connectivity index (χ1n) is 5.79. The molecule has 1 aromatic carbocycles. The van der Waals surface area contributed by atoms with Gasteiger partial charge in [0.1, 0.15) is 11.6 Å². The van der Waals surface area contributed by atoms with Gasteiger partial charge >= 0.3 is 0 Å². The molecule has 0 unspecified atom stereocenters. The summed E-state index contributed by atoms with van der Waals surface area (Å²) in [4.78, 5) is 4.61. The molecule has 5 heteroatoms. The van der Waals surface area contributed by atoms with Crippen LogP contribution in [0.4, 0.5) is 5.82 Å². The Balaban J connectivity index is 2.36. The van der Waals surface area contributed by atoms with Crippen LogP contribution in [0.5, 0.6) is 0 Å². The lowest BCUT2D eigenvalue weighted by Gasteiger charge is -2.02. The van der Waals surface area contributed by atoms with E-state index in [0.717, 1.165) is 28.0 Å². The molecule has 0 spiro atoms. The Kier molecular flexibility index (Phi) is 2.16. The summed E-state index contributed by atoms with van der Waals surface area (Å²) in [5.74, 6) is 1.64. The summed E-state index contributed by atoms with van der Waals surface area (Å²) in [6, 6.07) is 6.11. The fourth-order valence-electron chi connectivity index (χ4n) is 2.20. The largest absolute Gasteiger partial charge is 0.383 e. The van der Waals surface area contributed by atoms with E-state index in [1.54, 1.807) is 10.9 Å². The van der Waals surface area contributed by atoms with Crippen molar-refractivity contribution in [3.8, 4) is 11.1 Å². The van der Waals surface area contributed by atoms with Crippen LogP contribution in [0.2, 0.25) is 0 Å². The van der Waals surface area contributed by atoms with Crippen LogP contribution >= 0.6 is 0 Å². The van der Waals surface area contributed by atoms with Gasteiger partial charge in [-0.3, -0.25) is 4.68 Å². The van der Waals surface area contributed by atoms with E-state index in [2.05, 4.69) is 20.7 Å². The summed E-state index contributed by atoms with van der Waals surface area (Å²) < 4.78 is 3.75. The lowest BCUT2D eigenvalue weighted by Crippen LogP contribution is -1.98. The summed E-state index contributed by atoms with van der Waals surface area (Å²) in [6.07, 6.45) is 1.79. The number of nitrogens with zero attached hydrogens (tertiary/aromatic N) is 4. The van der Waals surface area contributed by atoms with E-state index in [1.165, 1.54) is 0 Å². The maximum Gasteiger partial charge on any atom is 0.129 e. The number of nitrogen functional groups attached to an aromatic ring is 1. The van der Waals surface area contributed by atoms with Crippen LogP contribution in [0.25, 0.3) is 22.2 Å². The molecular weight excluding hydrogens is 226 g/mol. The molecule has 0 fully saturated rings. The normalized spacial score (nSPS) is 11.3. The highest BCUT2D eigenvalue weighted by molar-refractivity contribution is 5.95. The van der Waals surface area contributed by atoms with Gasteiger partial charge in [-0.05, 0) is 13.0 Å². The molecule has 0 saturated heterocycles. The zero-order chi connectivity index (χ0) is 12.9. The highest BCUT2D eigenvalue weighted by Gasteiger charge is 2.14. The van der Waals surface area contributed by atoms with Gasteiger partial charge in [0.05, 0.1) is 17.2 Å². The summed E-state index contributed by atoms with van der Waals surface area (Å²) >= 11 is 0. The predicted molar refractivity (Wildman–Crippen MR) is 72.1 cm³/mol. The fourth-order valence-corrected chi connectivity index (χ4v) is 2.20. The highest BCUT2D eigenvalue weighted by Crippen LogP contribution is 2.31.